The van der Waals surface area contributed by atoms with E-state index in [1.807, 2.05) is 48.1 Å². The van der Waals surface area contributed by atoms with Gasteiger partial charge >= 0.3 is 0 Å². The Balaban J connectivity index is 2.18. The summed E-state index contributed by atoms with van der Waals surface area (Å²) in [6, 6.07) is 2.10. The first-order chi connectivity index (χ1) is 18.3. The molecule has 0 aromatic carbocycles. The van der Waals surface area contributed by atoms with Crippen molar-refractivity contribution in [2.24, 2.45) is 21.8 Å². The van der Waals surface area contributed by atoms with E-state index in [4.69, 9.17) is 23.1 Å². The molecule has 7 heteroatoms. The molecule has 3 unspecified atom stereocenters. The van der Waals surface area contributed by atoms with Gasteiger partial charge in [0.2, 0.25) is 5.96 Å². The predicted octanol–water partition coefficient (Wildman–Crippen LogP) is 5.91. The lowest BCUT2D eigenvalue weighted by Crippen LogP contribution is -2.32. The van der Waals surface area contributed by atoms with E-state index in [0.717, 1.165) is 55.7 Å². The van der Waals surface area contributed by atoms with Gasteiger partial charge in [-0.3, -0.25) is 4.99 Å². The molecule has 1 heterocycles. The average molecular weight is 536 g/mol. The molecule has 1 aliphatic carbocycles. The second-order valence-electron chi connectivity index (χ2n) is 9.49. The van der Waals surface area contributed by atoms with Crippen LogP contribution in [-0.2, 0) is 6.42 Å². The first kappa shape index (κ1) is 31.2. The molecule has 2 rings (SSSR count). The normalized spacial score (nSPS) is 16.8. The lowest BCUT2D eigenvalue weighted by molar-refractivity contribution is 0.149. The van der Waals surface area contributed by atoms with E-state index in [1.54, 1.807) is 13.3 Å². The van der Waals surface area contributed by atoms with Gasteiger partial charge in [0, 0.05) is 30.5 Å². The summed E-state index contributed by atoms with van der Waals surface area (Å²) in [6.07, 6.45) is 23.7. The van der Waals surface area contributed by atoms with Gasteiger partial charge in [0.25, 0.3) is 0 Å². The summed E-state index contributed by atoms with van der Waals surface area (Å²) in [7, 11) is 1.71. The molecular weight excluding hydrogens is 494 g/mol. The Morgan fingerprint density at radius 2 is 2.16 bits per heavy atom. The second-order valence-corrected chi connectivity index (χ2v) is 9.93. The number of likely N-dealkylation sites (N-methyl/N-ethyl adjacent to an activating group) is 1. The Morgan fingerprint density at radius 1 is 1.37 bits per heavy atom. The maximum Gasteiger partial charge on any atom is 0.245 e. The molecule has 0 saturated heterocycles. The molecule has 1 aromatic rings. The van der Waals surface area contributed by atoms with Gasteiger partial charge in [0.05, 0.1) is 17.7 Å². The van der Waals surface area contributed by atoms with Crippen molar-refractivity contribution in [2.45, 2.75) is 52.6 Å². The van der Waals surface area contributed by atoms with Crippen molar-refractivity contribution in [1.82, 2.24) is 14.7 Å². The number of aryl methyl sites for hydroxylation is 1. The highest BCUT2D eigenvalue weighted by atomic mass is 35.5. The Labute approximate surface area is 233 Å². The van der Waals surface area contributed by atoms with E-state index >= 15 is 0 Å². The lowest BCUT2D eigenvalue weighted by Gasteiger charge is -2.22. The number of halogens is 1. The fourth-order valence-electron chi connectivity index (χ4n) is 4.00. The predicted molar refractivity (Wildman–Crippen MR) is 163 cm³/mol. The fraction of sp³-hybridized carbons (Fsp3) is 0.452. The molecule has 0 amide bonds. The van der Waals surface area contributed by atoms with E-state index in [1.165, 1.54) is 0 Å². The molecule has 0 fully saturated rings. The van der Waals surface area contributed by atoms with Gasteiger partial charge in [-0.25, -0.2) is 9.67 Å². The van der Waals surface area contributed by atoms with Crippen LogP contribution in [0.3, 0.4) is 0 Å². The zero-order chi connectivity index (χ0) is 27.9. The number of aliphatic imine (C=N–C) groups is 2. The Kier molecular flexibility index (Phi) is 13.8. The highest BCUT2D eigenvalue weighted by molar-refractivity contribution is 6.31. The molecular formula is C31H42ClN5O. The van der Waals surface area contributed by atoms with E-state index in [0.29, 0.717) is 23.5 Å². The number of nitrogens with zero attached hydrogens (tertiary/aromatic N) is 5. The van der Waals surface area contributed by atoms with Crippen LogP contribution < -0.4 is 0 Å². The molecule has 1 aromatic heterocycles. The molecule has 1 N–H and O–H groups in total. The summed E-state index contributed by atoms with van der Waals surface area (Å²) in [5.41, 5.74) is 2.96. The summed E-state index contributed by atoms with van der Waals surface area (Å²) >= 11 is 6.18. The van der Waals surface area contributed by atoms with Crippen LogP contribution >= 0.6 is 11.6 Å². The maximum atomic E-state index is 10.5. The molecule has 3 atom stereocenters. The second kappa shape index (κ2) is 16.8. The molecule has 6 nitrogen and oxygen atoms in total. The van der Waals surface area contributed by atoms with E-state index in [9.17, 15) is 5.11 Å². The van der Waals surface area contributed by atoms with Gasteiger partial charge in [0.1, 0.15) is 0 Å². The van der Waals surface area contributed by atoms with E-state index < -0.39 is 6.10 Å². The summed E-state index contributed by atoms with van der Waals surface area (Å²) < 4.78 is 1.81. The SMILES string of the molecule is C#CC(C)/C=N\C(=NC)n1nc(C2=CC=C(Cl)C=CC2)cc1CCCN(CC)CC(O)/C=C/C(C)CC=C. The number of allylic oxidation sites excluding steroid dienone is 8. The van der Waals surface area contributed by atoms with Crippen LogP contribution in [0.2, 0.25) is 0 Å². The third kappa shape index (κ3) is 10.4. The third-order valence-corrected chi connectivity index (χ3v) is 6.49. The summed E-state index contributed by atoms with van der Waals surface area (Å²) in [4.78, 5) is 11.2. The van der Waals surface area contributed by atoms with Gasteiger partial charge in [-0.15, -0.1) is 13.0 Å². The number of terminal acetylenes is 1. The molecule has 0 aliphatic heterocycles. The standard InChI is InChI=1S/C31H42ClN5O/c1-7-12-25(5)16-19-29(38)23-36(9-3)20-11-15-28-21-30(26-13-10-14-27(32)18-17-26)35-37(28)31(33-6)34-22-24(4)8-2/h2,7,10,14,16-19,21-22,24-25,29,38H,1,9,11-13,15,20,23H2,3-6H3/b19-16+,33-31?,34-22-. The van der Waals surface area contributed by atoms with Gasteiger partial charge < -0.3 is 10.0 Å². The summed E-state index contributed by atoms with van der Waals surface area (Å²) in [6.45, 7) is 12.2. The minimum atomic E-state index is -0.499. The largest absolute Gasteiger partial charge is 0.388 e. The summed E-state index contributed by atoms with van der Waals surface area (Å²) in [5, 5.41) is 16.1. The van der Waals surface area contributed by atoms with Crippen LogP contribution in [0.1, 0.15) is 51.4 Å². The quantitative estimate of drug-likeness (QED) is 0.148. The molecule has 0 bridgehead atoms. The van der Waals surface area contributed by atoms with Crippen molar-refractivity contribution in [3.05, 3.63) is 71.6 Å². The topological polar surface area (TPSA) is 66.0 Å². The number of hydrogen-bond donors (Lipinski definition) is 1. The first-order valence-electron chi connectivity index (χ1n) is 13.3. The molecule has 0 radical (unpaired) electrons. The third-order valence-electron chi connectivity index (χ3n) is 6.24. The van der Waals surface area contributed by atoms with Crippen LogP contribution in [0.4, 0.5) is 0 Å². The van der Waals surface area contributed by atoms with E-state index in [-0.39, 0.29) is 5.92 Å². The highest BCUT2D eigenvalue weighted by Gasteiger charge is 2.16. The van der Waals surface area contributed by atoms with Crippen molar-refractivity contribution < 1.29 is 5.11 Å². The first-order valence-corrected chi connectivity index (χ1v) is 13.7. The number of aliphatic hydroxyl groups excluding tert-OH is 1. The molecule has 0 spiro atoms. The molecule has 0 saturated carbocycles. The zero-order valence-corrected chi connectivity index (χ0v) is 24.0. The number of aromatic nitrogens is 2. The van der Waals surface area contributed by atoms with Crippen molar-refractivity contribution in [3.63, 3.8) is 0 Å². The van der Waals surface area contributed by atoms with Crippen LogP contribution in [-0.4, -0.2) is 64.7 Å². The van der Waals surface area contributed by atoms with Crippen LogP contribution in [0.5, 0.6) is 0 Å². The highest BCUT2D eigenvalue weighted by Crippen LogP contribution is 2.24. The molecule has 38 heavy (non-hydrogen) atoms. The minimum absolute atomic E-state index is 0.106. The van der Waals surface area contributed by atoms with E-state index in [2.05, 4.69) is 53.4 Å². The number of rotatable bonds is 13. The smallest absolute Gasteiger partial charge is 0.245 e. The molecule has 204 valence electrons. The van der Waals surface area contributed by atoms with Gasteiger partial charge in [-0.1, -0.05) is 61.7 Å². The van der Waals surface area contributed by atoms with Crippen molar-refractivity contribution in [1.29, 1.82) is 0 Å². The number of aliphatic hydroxyl groups is 1. The van der Waals surface area contributed by atoms with Crippen LogP contribution in [0.25, 0.3) is 5.57 Å². The minimum Gasteiger partial charge on any atom is -0.388 e. The van der Waals surface area contributed by atoms with Gasteiger partial charge in [-0.2, -0.15) is 5.10 Å². The van der Waals surface area contributed by atoms with Crippen molar-refractivity contribution in [2.75, 3.05) is 26.7 Å². The van der Waals surface area contributed by atoms with Gasteiger partial charge in [-0.05, 0) is 75.4 Å². The Bertz CT molecular complexity index is 1130. The zero-order valence-electron chi connectivity index (χ0n) is 23.2. The van der Waals surface area contributed by atoms with Crippen molar-refractivity contribution >= 4 is 29.3 Å². The molecule has 1 aliphatic rings. The lowest BCUT2D eigenvalue weighted by atomic mass is 10.1. The van der Waals surface area contributed by atoms with Gasteiger partial charge in [0.15, 0.2) is 0 Å². The monoisotopic (exact) mass is 535 g/mol. The fourth-order valence-corrected chi connectivity index (χ4v) is 4.15. The maximum absolute atomic E-state index is 10.5. The average Bonchev–Trinajstić information content (AvgIpc) is 3.19. The Hall–Kier alpha value is -2.98. The summed E-state index contributed by atoms with van der Waals surface area (Å²) in [5.74, 6) is 3.42. The number of hydrogen-bond acceptors (Lipinski definition) is 4. The Morgan fingerprint density at radius 3 is 2.84 bits per heavy atom. The van der Waals surface area contributed by atoms with Crippen molar-refractivity contribution in [3.8, 4) is 12.3 Å². The van der Waals surface area contributed by atoms with Crippen LogP contribution in [0, 0.1) is 24.2 Å². The van der Waals surface area contributed by atoms with Crippen LogP contribution in [0.15, 0.2) is 70.2 Å².